The van der Waals surface area contributed by atoms with E-state index in [-0.39, 0.29) is 0 Å². The maximum atomic E-state index is 4.31. The highest BCUT2D eigenvalue weighted by atomic mass is 14.8. The molecule has 0 unspecified atom stereocenters. The monoisotopic (exact) mass is 233 g/mol. The zero-order chi connectivity index (χ0) is 12.4. The summed E-state index contributed by atoms with van der Waals surface area (Å²) in [6.07, 6.45) is 4.81. The molecule has 87 valence electrons. The SMILES string of the molecule is C[B]c1ccc(Cc2c[nH]c3ncccc23)cc1. The second kappa shape index (κ2) is 4.69. The van der Waals surface area contributed by atoms with Gasteiger partial charge in [-0.15, -0.1) is 0 Å². The van der Waals surface area contributed by atoms with E-state index in [1.807, 2.05) is 12.3 Å². The molecule has 2 nitrogen and oxygen atoms in total. The first kappa shape index (κ1) is 11.1. The fourth-order valence-electron chi connectivity index (χ4n) is 2.21. The van der Waals surface area contributed by atoms with Gasteiger partial charge in [-0.1, -0.05) is 36.6 Å². The molecular formula is C15H14BN2. The molecule has 0 spiro atoms. The third-order valence-electron chi connectivity index (χ3n) is 3.24. The Balaban J connectivity index is 1.91. The minimum atomic E-state index is 0.940. The predicted molar refractivity (Wildman–Crippen MR) is 76.6 cm³/mol. The van der Waals surface area contributed by atoms with Gasteiger partial charge in [0.2, 0.25) is 0 Å². The van der Waals surface area contributed by atoms with Gasteiger partial charge in [-0.2, -0.15) is 0 Å². The van der Waals surface area contributed by atoms with Crippen LogP contribution in [0.2, 0.25) is 6.82 Å². The van der Waals surface area contributed by atoms with E-state index in [9.17, 15) is 0 Å². The summed E-state index contributed by atoms with van der Waals surface area (Å²) in [5.74, 6) is 0. The summed E-state index contributed by atoms with van der Waals surface area (Å²) in [5, 5.41) is 1.21. The standard InChI is InChI=1S/C15H14BN2/c1-16-13-6-4-11(5-7-13)9-12-10-18-15-14(12)3-2-8-17-15/h2-8,10H,9H2,1H3,(H,17,18). The van der Waals surface area contributed by atoms with E-state index in [2.05, 4.69) is 60.6 Å². The highest BCUT2D eigenvalue weighted by Gasteiger charge is 2.04. The van der Waals surface area contributed by atoms with Crippen LogP contribution in [0.3, 0.4) is 0 Å². The van der Waals surface area contributed by atoms with Crippen LogP contribution in [0.4, 0.5) is 0 Å². The molecule has 1 N–H and O–H groups in total. The lowest BCUT2D eigenvalue weighted by Crippen LogP contribution is -2.09. The van der Waals surface area contributed by atoms with Crippen molar-refractivity contribution in [2.45, 2.75) is 13.2 Å². The van der Waals surface area contributed by atoms with Gasteiger partial charge >= 0.3 is 0 Å². The van der Waals surface area contributed by atoms with E-state index >= 15 is 0 Å². The van der Waals surface area contributed by atoms with Crippen LogP contribution < -0.4 is 5.46 Å². The molecule has 0 saturated heterocycles. The third kappa shape index (κ3) is 2.04. The van der Waals surface area contributed by atoms with Crippen LogP contribution in [0, 0.1) is 0 Å². The Hall–Kier alpha value is -2.03. The predicted octanol–water partition coefficient (Wildman–Crippen LogP) is 2.53. The lowest BCUT2D eigenvalue weighted by atomic mass is 9.73. The van der Waals surface area contributed by atoms with Crippen molar-refractivity contribution in [1.82, 2.24) is 9.97 Å². The summed E-state index contributed by atoms with van der Waals surface area (Å²) in [4.78, 5) is 7.52. The second-order valence-electron chi connectivity index (χ2n) is 4.42. The number of fused-ring (bicyclic) bond motifs is 1. The van der Waals surface area contributed by atoms with E-state index in [4.69, 9.17) is 0 Å². The zero-order valence-electron chi connectivity index (χ0n) is 10.4. The molecule has 0 saturated carbocycles. The quantitative estimate of drug-likeness (QED) is 0.692. The van der Waals surface area contributed by atoms with Crippen LogP contribution in [0.5, 0.6) is 0 Å². The van der Waals surface area contributed by atoms with Crippen molar-refractivity contribution >= 4 is 23.8 Å². The molecule has 1 radical (unpaired) electrons. The Morgan fingerprint density at radius 3 is 2.78 bits per heavy atom. The molecule has 0 amide bonds. The number of H-pyrrole nitrogens is 1. The van der Waals surface area contributed by atoms with E-state index in [1.54, 1.807) is 0 Å². The lowest BCUT2D eigenvalue weighted by molar-refractivity contribution is 1.21. The molecule has 2 heterocycles. The molecule has 0 aliphatic rings. The summed E-state index contributed by atoms with van der Waals surface area (Å²) in [6.45, 7) is 2.06. The Kier molecular flexibility index (Phi) is 2.89. The fraction of sp³-hybridized carbons (Fsp3) is 0.133. The summed E-state index contributed by atoms with van der Waals surface area (Å²) in [6, 6.07) is 12.8. The molecule has 0 atom stereocenters. The minimum Gasteiger partial charge on any atom is -0.346 e. The number of hydrogen-bond acceptors (Lipinski definition) is 1. The van der Waals surface area contributed by atoms with Gasteiger partial charge in [-0.25, -0.2) is 4.98 Å². The number of aromatic amines is 1. The largest absolute Gasteiger partial charge is 0.346 e. The van der Waals surface area contributed by atoms with E-state index in [0.717, 1.165) is 12.1 Å². The van der Waals surface area contributed by atoms with Crippen molar-refractivity contribution in [1.29, 1.82) is 0 Å². The van der Waals surface area contributed by atoms with E-state index < -0.39 is 0 Å². The Labute approximate surface area is 107 Å². The van der Waals surface area contributed by atoms with E-state index in [0.29, 0.717) is 0 Å². The first-order chi connectivity index (χ1) is 8.86. The number of aromatic nitrogens is 2. The maximum Gasteiger partial charge on any atom is 0.148 e. The van der Waals surface area contributed by atoms with Crippen LogP contribution >= 0.6 is 0 Å². The highest BCUT2D eigenvalue weighted by molar-refractivity contribution is 6.51. The molecule has 0 bridgehead atoms. The molecule has 0 aliphatic carbocycles. The molecular weight excluding hydrogens is 219 g/mol. The van der Waals surface area contributed by atoms with Crippen molar-refractivity contribution in [2.24, 2.45) is 0 Å². The smallest absolute Gasteiger partial charge is 0.148 e. The zero-order valence-corrected chi connectivity index (χ0v) is 10.4. The highest BCUT2D eigenvalue weighted by Crippen LogP contribution is 2.18. The van der Waals surface area contributed by atoms with Gasteiger partial charge in [0.25, 0.3) is 0 Å². The first-order valence-electron chi connectivity index (χ1n) is 6.16. The summed E-state index contributed by atoms with van der Waals surface area (Å²) in [7, 11) is 2.11. The van der Waals surface area contributed by atoms with Gasteiger partial charge in [-0.05, 0) is 29.7 Å². The topological polar surface area (TPSA) is 28.7 Å². The van der Waals surface area contributed by atoms with E-state index in [1.165, 1.54) is 22.0 Å². The van der Waals surface area contributed by atoms with Gasteiger partial charge in [0.1, 0.15) is 12.9 Å². The molecule has 3 rings (SSSR count). The van der Waals surface area contributed by atoms with Gasteiger partial charge < -0.3 is 4.98 Å². The average Bonchev–Trinajstić information content (AvgIpc) is 2.83. The van der Waals surface area contributed by atoms with Crippen LogP contribution in [0.15, 0.2) is 48.8 Å². The Morgan fingerprint density at radius 1 is 1.17 bits per heavy atom. The van der Waals surface area contributed by atoms with Crippen LogP contribution in [0.1, 0.15) is 11.1 Å². The molecule has 0 aliphatic heterocycles. The maximum absolute atomic E-state index is 4.31. The number of rotatable bonds is 3. The third-order valence-corrected chi connectivity index (χ3v) is 3.24. The number of pyridine rings is 1. The lowest BCUT2D eigenvalue weighted by Gasteiger charge is -2.02. The molecule has 3 aromatic rings. The molecule has 18 heavy (non-hydrogen) atoms. The summed E-state index contributed by atoms with van der Waals surface area (Å²) < 4.78 is 0. The van der Waals surface area contributed by atoms with Crippen LogP contribution in [-0.4, -0.2) is 17.2 Å². The molecule has 1 aromatic carbocycles. The van der Waals surface area contributed by atoms with Crippen molar-refractivity contribution in [3.63, 3.8) is 0 Å². The van der Waals surface area contributed by atoms with Gasteiger partial charge in [0, 0.05) is 17.8 Å². The normalized spacial score (nSPS) is 10.7. The fourth-order valence-corrected chi connectivity index (χ4v) is 2.21. The second-order valence-corrected chi connectivity index (χ2v) is 4.42. The van der Waals surface area contributed by atoms with Crippen molar-refractivity contribution < 1.29 is 0 Å². The van der Waals surface area contributed by atoms with Crippen molar-refractivity contribution in [3.05, 3.63) is 59.9 Å². The molecule has 2 aromatic heterocycles. The molecule has 0 fully saturated rings. The Bertz CT molecular complexity index is 656. The van der Waals surface area contributed by atoms with Crippen LogP contribution in [0.25, 0.3) is 11.0 Å². The first-order valence-corrected chi connectivity index (χ1v) is 6.16. The number of benzene rings is 1. The Morgan fingerprint density at radius 2 is 2.00 bits per heavy atom. The summed E-state index contributed by atoms with van der Waals surface area (Å²) in [5.41, 5.74) is 4.85. The number of hydrogen-bond donors (Lipinski definition) is 1. The van der Waals surface area contributed by atoms with Gasteiger partial charge in [0.15, 0.2) is 0 Å². The van der Waals surface area contributed by atoms with Crippen molar-refractivity contribution in [3.8, 4) is 0 Å². The van der Waals surface area contributed by atoms with Gasteiger partial charge in [-0.3, -0.25) is 0 Å². The van der Waals surface area contributed by atoms with Crippen LogP contribution in [-0.2, 0) is 6.42 Å². The van der Waals surface area contributed by atoms with Gasteiger partial charge in [0.05, 0.1) is 0 Å². The minimum absolute atomic E-state index is 0.940. The number of nitrogens with one attached hydrogen (secondary N) is 1. The van der Waals surface area contributed by atoms with Crippen molar-refractivity contribution in [2.75, 3.05) is 0 Å². The average molecular weight is 233 g/mol. The molecule has 3 heteroatoms. The summed E-state index contributed by atoms with van der Waals surface area (Å²) >= 11 is 0. The number of nitrogens with zero attached hydrogens (tertiary/aromatic N) is 1.